The lowest BCUT2D eigenvalue weighted by atomic mass is 10.4. The molecular formula is C8H15N3O2S2. The van der Waals surface area contributed by atoms with Crippen LogP contribution in [0.25, 0.3) is 0 Å². The normalized spacial score (nSPS) is 14.4. The molecule has 0 radical (unpaired) electrons. The summed E-state index contributed by atoms with van der Waals surface area (Å²) < 4.78 is 25.3. The molecule has 1 unspecified atom stereocenters. The van der Waals surface area contributed by atoms with E-state index >= 15 is 0 Å². The summed E-state index contributed by atoms with van der Waals surface area (Å²) in [5, 5.41) is 6.14. The average molecular weight is 249 g/mol. The Labute approximate surface area is 94.3 Å². The van der Waals surface area contributed by atoms with Crippen LogP contribution >= 0.6 is 11.8 Å². The van der Waals surface area contributed by atoms with Crippen molar-refractivity contribution < 1.29 is 8.42 Å². The highest BCUT2D eigenvalue weighted by Gasteiger charge is 2.25. The highest BCUT2D eigenvalue weighted by atomic mass is 32.2. The zero-order valence-corrected chi connectivity index (χ0v) is 10.6. The number of hydrogen-bond donors (Lipinski definition) is 1. The van der Waals surface area contributed by atoms with Gasteiger partial charge in [0.15, 0.2) is 0 Å². The second-order valence-corrected chi connectivity index (χ2v) is 6.17. The van der Waals surface area contributed by atoms with Gasteiger partial charge in [0.2, 0.25) is 10.0 Å². The van der Waals surface area contributed by atoms with Gasteiger partial charge in [0.05, 0.1) is 6.20 Å². The van der Waals surface area contributed by atoms with Crippen LogP contribution in [0, 0.1) is 0 Å². The Morgan fingerprint density at radius 2 is 2.33 bits per heavy atom. The van der Waals surface area contributed by atoms with E-state index in [1.165, 1.54) is 16.7 Å². The van der Waals surface area contributed by atoms with Crippen molar-refractivity contribution in [2.24, 2.45) is 0 Å². The Balaban J connectivity index is 2.88. The second kappa shape index (κ2) is 5.00. The summed E-state index contributed by atoms with van der Waals surface area (Å²) in [6, 6.07) is -0.0279. The molecule has 1 aromatic rings. The lowest BCUT2D eigenvalue weighted by Crippen LogP contribution is -2.36. The summed E-state index contributed by atoms with van der Waals surface area (Å²) in [7, 11) is -1.80. The smallest absolute Gasteiger partial charge is 0.246 e. The number of H-pyrrole nitrogens is 1. The van der Waals surface area contributed by atoms with Crippen LogP contribution < -0.4 is 0 Å². The number of thioether (sulfide) groups is 1. The number of hydrogen-bond acceptors (Lipinski definition) is 4. The number of nitrogens with one attached hydrogen (secondary N) is 1. The first kappa shape index (κ1) is 12.5. The minimum atomic E-state index is -3.39. The molecule has 0 aliphatic heterocycles. The predicted molar refractivity (Wildman–Crippen MR) is 61.4 cm³/mol. The van der Waals surface area contributed by atoms with E-state index in [-0.39, 0.29) is 10.9 Å². The standard InChI is InChI=1S/C8H15N3O2S2/c1-7(6-14-3)11(2)15(12,13)8-4-9-10-5-8/h4-5,7H,6H2,1-3H3,(H,9,10). The van der Waals surface area contributed by atoms with Gasteiger partial charge in [0.25, 0.3) is 0 Å². The largest absolute Gasteiger partial charge is 0.284 e. The van der Waals surface area contributed by atoms with Crippen molar-refractivity contribution >= 4 is 21.8 Å². The summed E-state index contributed by atoms with van der Waals surface area (Å²) in [6.45, 7) is 1.88. The third-order valence-corrected chi connectivity index (χ3v) is 4.93. The Bertz CT molecular complexity index is 388. The molecule has 0 bridgehead atoms. The first-order chi connectivity index (χ1) is 7.00. The van der Waals surface area contributed by atoms with E-state index in [0.29, 0.717) is 0 Å². The molecule has 5 nitrogen and oxygen atoms in total. The Hall–Kier alpha value is -0.530. The lowest BCUT2D eigenvalue weighted by Gasteiger charge is -2.22. The van der Waals surface area contributed by atoms with Crippen LogP contribution in [0.3, 0.4) is 0 Å². The van der Waals surface area contributed by atoms with Crippen molar-refractivity contribution in [1.82, 2.24) is 14.5 Å². The van der Waals surface area contributed by atoms with Gasteiger partial charge in [-0.3, -0.25) is 5.10 Å². The maximum atomic E-state index is 12.0. The Morgan fingerprint density at radius 1 is 1.67 bits per heavy atom. The minimum absolute atomic E-state index is 0.0279. The first-order valence-corrected chi connectivity index (χ1v) is 7.29. The van der Waals surface area contributed by atoms with E-state index in [9.17, 15) is 8.42 Å². The van der Waals surface area contributed by atoms with Crippen LogP contribution in [0.1, 0.15) is 6.92 Å². The maximum absolute atomic E-state index is 12.0. The summed E-state index contributed by atoms with van der Waals surface area (Å²) in [5.74, 6) is 0.771. The molecule has 0 amide bonds. The fraction of sp³-hybridized carbons (Fsp3) is 0.625. The second-order valence-electron chi connectivity index (χ2n) is 3.26. The van der Waals surface area contributed by atoms with Crippen molar-refractivity contribution in [3.63, 3.8) is 0 Å². The molecule has 86 valence electrons. The van der Waals surface area contributed by atoms with Crippen LogP contribution in [0.5, 0.6) is 0 Å². The number of rotatable bonds is 5. The minimum Gasteiger partial charge on any atom is -0.284 e. The van der Waals surface area contributed by atoms with Crippen LogP contribution in [-0.4, -0.2) is 48.0 Å². The van der Waals surface area contributed by atoms with Crippen molar-refractivity contribution in [3.05, 3.63) is 12.4 Å². The third kappa shape index (κ3) is 2.73. The molecule has 0 saturated carbocycles. The van der Waals surface area contributed by atoms with E-state index in [4.69, 9.17) is 0 Å². The Kier molecular flexibility index (Phi) is 4.18. The third-order valence-electron chi connectivity index (χ3n) is 2.18. The number of nitrogens with zero attached hydrogens (tertiary/aromatic N) is 2. The number of aromatic nitrogens is 2. The molecule has 1 N–H and O–H groups in total. The summed E-state index contributed by atoms with van der Waals surface area (Å²) in [4.78, 5) is 0.206. The molecule has 1 aromatic heterocycles. The number of aromatic amines is 1. The molecule has 0 saturated heterocycles. The molecule has 1 rings (SSSR count). The van der Waals surface area contributed by atoms with Crippen LogP contribution in [0.15, 0.2) is 17.3 Å². The SMILES string of the molecule is CSCC(C)N(C)S(=O)(=O)c1cn[nH]c1. The quantitative estimate of drug-likeness (QED) is 0.837. The first-order valence-electron chi connectivity index (χ1n) is 4.46. The summed E-state index contributed by atoms with van der Waals surface area (Å²) in [6.07, 6.45) is 4.66. The Morgan fingerprint density at radius 3 is 2.80 bits per heavy atom. The van der Waals surface area contributed by atoms with Crippen molar-refractivity contribution in [1.29, 1.82) is 0 Å². The molecule has 7 heteroatoms. The van der Waals surface area contributed by atoms with Gasteiger partial charge in [0.1, 0.15) is 4.90 Å². The van der Waals surface area contributed by atoms with E-state index in [1.54, 1.807) is 18.8 Å². The van der Waals surface area contributed by atoms with E-state index in [1.807, 2.05) is 13.2 Å². The van der Waals surface area contributed by atoms with Crippen molar-refractivity contribution in [3.8, 4) is 0 Å². The van der Waals surface area contributed by atoms with Gasteiger partial charge in [-0.25, -0.2) is 8.42 Å². The predicted octanol–water partition coefficient (Wildman–Crippen LogP) is 0.782. The van der Waals surface area contributed by atoms with Gasteiger partial charge in [0, 0.05) is 25.0 Å². The number of sulfonamides is 1. The topological polar surface area (TPSA) is 66.1 Å². The highest BCUT2D eigenvalue weighted by Crippen LogP contribution is 2.16. The van der Waals surface area contributed by atoms with Gasteiger partial charge in [-0.15, -0.1) is 0 Å². The van der Waals surface area contributed by atoms with Crippen LogP contribution in [0.2, 0.25) is 0 Å². The maximum Gasteiger partial charge on any atom is 0.246 e. The average Bonchev–Trinajstić information content (AvgIpc) is 2.70. The van der Waals surface area contributed by atoms with Crippen molar-refractivity contribution in [2.45, 2.75) is 17.9 Å². The zero-order chi connectivity index (χ0) is 11.5. The fourth-order valence-electron chi connectivity index (χ4n) is 1.13. The molecule has 0 fully saturated rings. The molecule has 0 aliphatic carbocycles. The molecule has 15 heavy (non-hydrogen) atoms. The molecule has 1 heterocycles. The summed E-state index contributed by atoms with van der Waals surface area (Å²) >= 11 is 1.62. The molecular weight excluding hydrogens is 234 g/mol. The van der Waals surface area contributed by atoms with E-state index < -0.39 is 10.0 Å². The fourth-order valence-corrected chi connectivity index (χ4v) is 3.20. The van der Waals surface area contributed by atoms with Gasteiger partial charge < -0.3 is 0 Å². The van der Waals surface area contributed by atoms with E-state index in [0.717, 1.165) is 5.75 Å². The van der Waals surface area contributed by atoms with E-state index in [2.05, 4.69) is 10.2 Å². The van der Waals surface area contributed by atoms with Gasteiger partial charge >= 0.3 is 0 Å². The lowest BCUT2D eigenvalue weighted by molar-refractivity contribution is 0.415. The van der Waals surface area contributed by atoms with Crippen LogP contribution in [0.4, 0.5) is 0 Å². The van der Waals surface area contributed by atoms with Gasteiger partial charge in [-0.1, -0.05) is 0 Å². The van der Waals surface area contributed by atoms with Crippen LogP contribution in [-0.2, 0) is 10.0 Å². The van der Waals surface area contributed by atoms with Gasteiger partial charge in [-0.05, 0) is 13.2 Å². The molecule has 0 aliphatic rings. The molecule has 0 aromatic carbocycles. The highest BCUT2D eigenvalue weighted by molar-refractivity contribution is 7.98. The molecule has 1 atom stereocenters. The van der Waals surface area contributed by atoms with Gasteiger partial charge in [-0.2, -0.15) is 21.2 Å². The van der Waals surface area contributed by atoms with Crippen molar-refractivity contribution in [2.75, 3.05) is 19.1 Å². The molecule has 0 spiro atoms. The zero-order valence-electron chi connectivity index (χ0n) is 8.97. The summed E-state index contributed by atoms with van der Waals surface area (Å²) in [5.41, 5.74) is 0. The monoisotopic (exact) mass is 249 g/mol.